The highest BCUT2D eigenvalue weighted by atomic mass is 35.5. The molecule has 2 aliphatic rings. The normalized spacial score (nSPS) is 18.5. The van der Waals surface area contributed by atoms with Gasteiger partial charge in [-0.2, -0.15) is 0 Å². The van der Waals surface area contributed by atoms with E-state index in [9.17, 15) is 0 Å². The standard InChI is InChI=1S/C35H38Cl2N4/c1-21(2)30-19-41-18-25(15-29-32(36)12-11-28(30)35(29)41)39(5)16-22-9-10-26(33(37)13-22)31-20-40-17-24(38(3)4)14-23-7-6-8-27(31)34(23)40/h6-13,19-21,24-25H,14-18H2,1-5H3/t24?,25-/m1/s1. The fraction of sp³-hybridized carbons (Fsp3) is 0.371. The van der Waals surface area contributed by atoms with Gasteiger partial charge in [-0.05, 0) is 74.3 Å². The van der Waals surface area contributed by atoms with E-state index in [4.69, 9.17) is 23.2 Å². The maximum Gasteiger partial charge on any atom is 0.0531 e. The minimum Gasteiger partial charge on any atom is -0.345 e. The largest absolute Gasteiger partial charge is 0.345 e. The fourth-order valence-electron chi connectivity index (χ4n) is 7.24. The van der Waals surface area contributed by atoms with Crippen LogP contribution in [0.3, 0.4) is 0 Å². The molecule has 2 aliphatic heterocycles. The van der Waals surface area contributed by atoms with Crippen LogP contribution in [0.25, 0.3) is 32.9 Å². The molecule has 41 heavy (non-hydrogen) atoms. The number of nitrogens with zero attached hydrogens (tertiary/aromatic N) is 4. The Labute approximate surface area is 253 Å². The summed E-state index contributed by atoms with van der Waals surface area (Å²) in [6, 6.07) is 18.5. The van der Waals surface area contributed by atoms with Crippen molar-refractivity contribution in [2.24, 2.45) is 0 Å². The van der Waals surface area contributed by atoms with Crippen molar-refractivity contribution in [2.45, 2.75) is 64.3 Å². The van der Waals surface area contributed by atoms with Gasteiger partial charge in [-0.15, -0.1) is 0 Å². The predicted octanol–water partition coefficient (Wildman–Crippen LogP) is 8.24. The number of likely N-dealkylation sites (N-methyl/N-ethyl adjacent to an activating group) is 2. The van der Waals surface area contributed by atoms with E-state index in [2.05, 4.69) is 115 Å². The molecular weight excluding hydrogens is 547 g/mol. The van der Waals surface area contributed by atoms with Crippen molar-refractivity contribution in [2.75, 3.05) is 21.1 Å². The molecule has 0 saturated carbocycles. The van der Waals surface area contributed by atoms with Crippen LogP contribution in [0.2, 0.25) is 10.0 Å². The van der Waals surface area contributed by atoms with Crippen molar-refractivity contribution < 1.29 is 0 Å². The summed E-state index contributed by atoms with van der Waals surface area (Å²) in [5.74, 6) is 0.483. The van der Waals surface area contributed by atoms with E-state index in [0.717, 1.165) is 48.1 Å². The molecule has 0 N–H and O–H groups in total. The topological polar surface area (TPSA) is 16.3 Å². The van der Waals surface area contributed by atoms with Crippen LogP contribution >= 0.6 is 23.2 Å². The van der Waals surface area contributed by atoms with Gasteiger partial charge in [-0.25, -0.2) is 0 Å². The molecule has 0 aliphatic carbocycles. The first-order valence-electron chi connectivity index (χ1n) is 14.8. The van der Waals surface area contributed by atoms with Crippen LogP contribution in [-0.2, 0) is 32.5 Å². The fourth-order valence-corrected chi connectivity index (χ4v) is 7.77. The summed E-state index contributed by atoms with van der Waals surface area (Å²) in [5.41, 5.74) is 10.3. The SMILES string of the molecule is CC(C)c1cn2c3c(c(Cl)ccc13)C[C@@H](N(C)Cc1ccc(-c3cn4c5c(cccc35)CC(N(C)C)C4)c(Cl)c1)C2. The van der Waals surface area contributed by atoms with Crippen molar-refractivity contribution in [3.8, 4) is 11.1 Å². The van der Waals surface area contributed by atoms with E-state index in [0.29, 0.717) is 18.0 Å². The van der Waals surface area contributed by atoms with Crippen LogP contribution in [0.15, 0.2) is 60.9 Å². The predicted molar refractivity (Wildman–Crippen MR) is 174 cm³/mol. The van der Waals surface area contributed by atoms with Gasteiger partial charge >= 0.3 is 0 Å². The van der Waals surface area contributed by atoms with E-state index in [1.54, 1.807) is 0 Å². The Morgan fingerprint density at radius 2 is 1.59 bits per heavy atom. The lowest BCUT2D eigenvalue weighted by molar-refractivity contribution is 0.206. The first-order chi connectivity index (χ1) is 19.7. The molecule has 5 aromatic rings. The Kier molecular flexibility index (Phi) is 6.74. The van der Waals surface area contributed by atoms with E-state index >= 15 is 0 Å². The van der Waals surface area contributed by atoms with Crippen LogP contribution in [-0.4, -0.2) is 52.2 Å². The molecule has 2 aromatic heterocycles. The molecule has 4 heterocycles. The lowest BCUT2D eigenvalue weighted by atomic mass is 9.96. The van der Waals surface area contributed by atoms with Gasteiger partial charge in [0.25, 0.3) is 0 Å². The molecule has 2 atom stereocenters. The zero-order chi connectivity index (χ0) is 28.6. The van der Waals surface area contributed by atoms with E-state index < -0.39 is 0 Å². The lowest BCUT2D eigenvalue weighted by Crippen LogP contribution is -2.38. The van der Waals surface area contributed by atoms with Crippen molar-refractivity contribution >= 4 is 45.0 Å². The molecule has 0 bridgehead atoms. The molecule has 0 saturated heterocycles. The molecule has 1 unspecified atom stereocenters. The van der Waals surface area contributed by atoms with Crippen LogP contribution in [0.5, 0.6) is 0 Å². The second-order valence-corrected chi connectivity index (χ2v) is 13.5. The van der Waals surface area contributed by atoms with Crippen LogP contribution < -0.4 is 0 Å². The average molecular weight is 586 g/mol. The van der Waals surface area contributed by atoms with Gasteiger partial charge in [0.15, 0.2) is 0 Å². The first-order valence-corrected chi connectivity index (χ1v) is 15.5. The van der Waals surface area contributed by atoms with Gasteiger partial charge < -0.3 is 14.0 Å². The Hall–Kier alpha value is -2.76. The van der Waals surface area contributed by atoms with Crippen molar-refractivity contribution in [3.63, 3.8) is 0 Å². The smallest absolute Gasteiger partial charge is 0.0531 e. The highest BCUT2D eigenvalue weighted by Crippen LogP contribution is 2.40. The van der Waals surface area contributed by atoms with Crippen LogP contribution in [0.4, 0.5) is 0 Å². The maximum atomic E-state index is 7.04. The van der Waals surface area contributed by atoms with Crippen molar-refractivity contribution in [3.05, 3.63) is 93.2 Å². The number of rotatable bonds is 6. The van der Waals surface area contributed by atoms with Crippen molar-refractivity contribution in [1.82, 2.24) is 18.9 Å². The molecule has 4 nitrogen and oxygen atoms in total. The number of hydrogen-bond acceptors (Lipinski definition) is 2. The van der Waals surface area contributed by atoms with Crippen LogP contribution in [0, 0.1) is 0 Å². The zero-order valence-electron chi connectivity index (χ0n) is 24.6. The summed E-state index contributed by atoms with van der Waals surface area (Å²) >= 11 is 13.8. The Bertz CT molecular complexity index is 1790. The van der Waals surface area contributed by atoms with Gasteiger partial charge in [0.05, 0.1) is 11.0 Å². The first kappa shape index (κ1) is 27.1. The number of hydrogen-bond donors (Lipinski definition) is 0. The molecule has 0 fully saturated rings. The molecule has 212 valence electrons. The third kappa shape index (κ3) is 4.51. The van der Waals surface area contributed by atoms with Gasteiger partial charge in [-0.3, -0.25) is 4.90 Å². The van der Waals surface area contributed by atoms with E-state index in [-0.39, 0.29) is 0 Å². The monoisotopic (exact) mass is 584 g/mol. The molecule has 0 radical (unpaired) electrons. The van der Waals surface area contributed by atoms with Crippen LogP contribution in [0.1, 0.15) is 42.0 Å². The second-order valence-electron chi connectivity index (χ2n) is 12.7. The van der Waals surface area contributed by atoms with E-state index in [1.165, 1.54) is 49.6 Å². The minimum atomic E-state index is 0.360. The summed E-state index contributed by atoms with van der Waals surface area (Å²) in [6.45, 7) is 7.35. The lowest BCUT2D eigenvalue weighted by Gasteiger charge is -2.33. The number of halogens is 2. The third-order valence-corrected chi connectivity index (χ3v) is 10.2. The summed E-state index contributed by atoms with van der Waals surface area (Å²) in [6.07, 6.45) is 6.69. The summed E-state index contributed by atoms with van der Waals surface area (Å²) in [4.78, 5) is 4.79. The third-order valence-electron chi connectivity index (χ3n) is 9.54. The summed E-state index contributed by atoms with van der Waals surface area (Å²) < 4.78 is 4.87. The molecule has 0 amide bonds. The Balaban J connectivity index is 1.15. The van der Waals surface area contributed by atoms with Gasteiger partial charge in [0, 0.05) is 76.1 Å². The second kappa shape index (κ2) is 10.2. The highest BCUT2D eigenvalue weighted by Gasteiger charge is 2.28. The Morgan fingerprint density at radius 3 is 2.34 bits per heavy atom. The van der Waals surface area contributed by atoms with Gasteiger partial charge in [0.1, 0.15) is 0 Å². The quantitative estimate of drug-likeness (QED) is 0.200. The molecule has 3 aromatic carbocycles. The summed E-state index contributed by atoms with van der Waals surface area (Å²) in [5, 5.41) is 4.34. The zero-order valence-corrected chi connectivity index (χ0v) is 26.1. The van der Waals surface area contributed by atoms with Crippen molar-refractivity contribution in [1.29, 1.82) is 0 Å². The number of benzene rings is 3. The highest BCUT2D eigenvalue weighted by molar-refractivity contribution is 6.34. The maximum absolute atomic E-state index is 7.04. The van der Waals surface area contributed by atoms with Gasteiger partial charge in [-0.1, -0.05) is 73.4 Å². The minimum absolute atomic E-state index is 0.360. The number of aromatic nitrogens is 2. The summed E-state index contributed by atoms with van der Waals surface area (Å²) in [7, 11) is 6.58. The molecule has 7 rings (SSSR count). The number of para-hydroxylation sites is 1. The molecular formula is C35H38Cl2N4. The Morgan fingerprint density at radius 1 is 0.805 bits per heavy atom. The average Bonchev–Trinajstić information content (AvgIpc) is 3.51. The van der Waals surface area contributed by atoms with Gasteiger partial charge in [0.2, 0.25) is 0 Å². The molecule has 6 heteroatoms. The van der Waals surface area contributed by atoms with E-state index in [1.807, 2.05) is 0 Å². The molecule has 0 spiro atoms.